The lowest BCUT2D eigenvalue weighted by molar-refractivity contribution is 0.248. The smallest absolute Gasteiger partial charge is 0.0327 e. The number of rotatable bonds is 2. The zero-order valence-electron chi connectivity index (χ0n) is 7.20. The van der Waals surface area contributed by atoms with Gasteiger partial charge in [0.1, 0.15) is 0 Å². The molecule has 1 saturated heterocycles. The lowest BCUT2D eigenvalue weighted by Gasteiger charge is -2.25. The minimum absolute atomic E-state index is 1.16. The number of nitrogens with zero attached hydrogens (tertiary/aromatic N) is 1. The van der Waals surface area contributed by atoms with Crippen LogP contribution in [0.3, 0.4) is 0 Å². The molecule has 0 unspecified atom stereocenters. The van der Waals surface area contributed by atoms with Gasteiger partial charge in [-0.05, 0) is 43.8 Å². The lowest BCUT2D eigenvalue weighted by atomic mass is 10.1. The van der Waals surface area contributed by atoms with Crippen LogP contribution in [0.4, 0.5) is 0 Å². The normalized spacial score (nSPS) is 19.7. The Kier molecular flexibility index (Phi) is 2.79. The maximum Gasteiger partial charge on any atom is 0.0327 e. The van der Waals surface area contributed by atoms with Crippen LogP contribution in [0.2, 0.25) is 0 Å². The van der Waals surface area contributed by atoms with Gasteiger partial charge in [0, 0.05) is 11.4 Å². The molecule has 65 valence electrons. The minimum atomic E-state index is 1.16. The van der Waals surface area contributed by atoms with Gasteiger partial charge in [0.2, 0.25) is 0 Å². The summed E-state index contributed by atoms with van der Waals surface area (Å²) in [7, 11) is 0. The molecular weight excluding hydrogens is 166 g/mol. The fourth-order valence-corrected chi connectivity index (χ4v) is 2.33. The van der Waals surface area contributed by atoms with Gasteiger partial charge in [-0.3, -0.25) is 4.90 Å². The largest absolute Gasteiger partial charge is 0.298 e. The van der Waals surface area contributed by atoms with Crippen molar-refractivity contribution in [1.82, 2.24) is 4.90 Å². The highest BCUT2D eigenvalue weighted by atomic mass is 32.1. The highest BCUT2D eigenvalue weighted by molar-refractivity contribution is 7.09. The Morgan fingerprint density at radius 3 is 2.83 bits per heavy atom. The van der Waals surface area contributed by atoms with Crippen molar-refractivity contribution in [2.75, 3.05) is 13.1 Å². The van der Waals surface area contributed by atoms with Crippen LogP contribution in [-0.2, 0) is 6.54 Å². The van der Waals surface area contributed by atoms with Gasteiger partial charge in [-0.1, -0.05) is 6.07 Å². The molecule has 0 spiro atoms. The molecule has 0 N–H and O–H groups in total. The third-order valence-corrected chi connectivity index (χ3v) is 3.12. The second-order valence-corrected chi connectivity index (χ2v) is 4.25. The molecule has 0 saturated carbocycles. The molecule has 0 atom stereocenters. The number of thiophene rings is 1. The van der Waals surface area contributed by atoms with Crippen molar-refractivity contribution in [3.63, 3.8) is 0 Å². The summed E-state index contributed by atoms with van der Waals surface area (Å²) < 4.78 is 0. The van der Waals surface area contributed by atoms with Gasteiger partial charge in [0.15, 0.2) is 0 Å². The molecule has 1 aromatic heterocycles. The molecule has 2 heteroatoms. The van der Waals surface area contributed by atoms with Crippen LogP contribution in [0.5, 0.6) is 0 Å². The molecule has 1 nitrogen and oxygen atoms in total. The molecule has 0 amide bonds. The van der Waals surface area contributed by atoms with Gasteiger partial charge in [0.25, 0.3) is 0 Å². The van der Waals surface area contributed by atoms with Crippen LogP contribution in [0.15, 0.2) is 17.5 Å². The van der Waals surface area contributed by atoms with Crippen molar-refractivity contribution in [1.29, 1.82) is 0 Å². The van der Waals surface area contributed by atoms with E-state index in [0.29, 0.717) is 0 Å². The third kappa shape index (κ3) is 2.08. The van der Waals surface area contributed by atoms with Gasteiger partial charge in [0.05, 0.1) is 0 Å². The average molecular weight is 180 g/mol. The molecule has 12 heavy (non-hydrogen) atoms. The monoisotopic (exact) mass is 180 g/mol. The summed E-state index contributed by atoms with van der Waals surface area (Å²) in [6.45, 7) is 3.65. The summed E-state index contributed by atoms with van der Waals surface area (Å²) in [5, 5.41) is 2.16. The zero-order valence-corrected chi connectivity index (χ0v) is 8.02. The van der Waals surface area contributed by atoms with Gasteiger partial charge in [-0.2, -0.15) is 0 Å². The second kappa shape index (κ2) is 4.06. The first kappa shape index (κ1) is 8.27. The van der Waals surface area contributed by atoms with E-state index < -0.39 is 0 Å². The van der Waals surface area contributed by atoms with Crippen LogP contribution < -0.4 is 0 Å². The topological polar surface area (TPSA) is 3.24 Å². The summed E-state index contributed by atoms with van der Waals surface area (Å²) in [6.07, 6.45) is 4.93. The molecule has 2 rings (SSSR count). The lowest BCUT2D eigenvalue weighted by Crippen LogP contribution is -2.28. The molecule has 0 aromatic carbocycles. The molecular formula is C10H14NS. The Balaban J connectivity index is 1.86. The molecule has 2 heterocycles. The van der Waals surface area contributed by atoms with E-state index in [2.05, 4.69) is 28.8 Å². The van der Waals surface area contributed by atoms with Crippen molar-refractivity contribution in [2.45, 2.75) is 19.4 Å². The van der Waals surface area contributed by atoms with Crippen molar-refractivity contribution >= 4 is 11.3 Å². The van der Waals surface area contributed by atoms with E-state index >= 15 is 0 Å². The van der Waals surface area contributed by atoms with Crippen molar-refractivity contribution in [3.05, 3.63) is 28.8 Å². The molecule has 1 radical (unpaired) electrons. The Morgan fingerprint density at radius 2 is 2.17 bits per heavy atom. The van der Waals surface area contributed by atoms with Gasteiger partial charge in [-0.25, -0.2) is 0 Å². The minimum Gasteiger partial charge on any atom is -0.298 e. The molecule has 0 aliphatic carbocycles. The Morgan fingerprint density at radius 1 is 1.33 bits per heavy atom. The highest BCUT2D eigenvalue weighted by Crippen LogP contribution is 2.15. The summed E-state index contributed by atoms with van der Waals surface area (Å²) in [4.78, 5) is 4.03. The fraction of sp³-hybridized carbons (Fsp3) is 0.500. The predicted molar refractivity (Wildman–Crippen MR) is 53.1 cm³/mol. The highest BCUT2D eigenvalue weighted by Gasteiger charge is 2.10. The molecule has 1 aliphatic rings. The van der Waals surface area contributed by atoms with Crippen molar-refractivity contribution in [2.24, 2.45) is 0 Å². The SMILES string of the molecule is [CH]1CCN(Cc2cccs2)CC1. The maximum absolute atomic E-state index is 2.53. The van der Waals surface area contributed by atoms with E-state index in [0.717, 1.165) is 6.54 Å². The third-order valence-electron chi connectivity index (χ3n) is 2.26. The maximum atomic E-state index is 2.53. The van der Waals surface area contributed by atoms with Crippen molar-refractivity contribution in [3.8, 4) is 0 Å². The van der Waals surface area contributed by atoms with Crippen LogP contribution in [0, 0.1) is 6.42 Å². The number of hydrogen-bond acceptors (Lipinski definition) is 2. The van der Waals surface area contributed by atoms with E-state index in [-0.39, 0.29) is 0 Å². The second-order valence-electron chi connectivity index (χ2n) is 3.22. The Labute approximate surface area is 78.0 Å². The Bertz CT molecular complexity index is 212. The van der Waals surface area contributed by atoms with Crippen LogP contribution in [0.1, 0.15) is 17.7 Å². The summed E-state index contributed by atoms with van der Waals surface area (Å²) in [6, 6.07) is 4.36. The molecule has 1 aliphatic heterocycles. The predicted octanol–water partition coefficient (Wildman–Crippen LogP) is 2.55. The zero-order chi connectivity index (χ0) is 8.23. The first-order chi connectivity index (χ1) is 5.95. The van der Waals surface area contributed by atoms with Gasteiger partial charge in [-0.15, -0.1) is 11.3 Å². The molecule has 0 bridgehead atoms. The quantitative estimate of drug-likeness (QED) is 0.676. The number of likely N-dealkylation sites (tertiary alicyclic amines) is 1. The van der Waals surface area contributed by atoms with E-state index in [1.807, 2.05) is 11.3 Å². The van der Waals surface area contributed by atoms with Crippen molar-refractivity contribution < 1.29 is 0 Å². The molecule has 1 aromatic rings. The first-order valence-corrected chi connectivity index (χ1v) is 5.39. The summed E-state index contributed by atoms with van der Waals surface area (Å²) >= 11 is 1.86. The summed E-state index contributed by atoms with van der Waals surface area (Å²) in [5.74, 6) is 0. The number of piperidine rings is 1. The van der Waals surface area contributed by atoms with Crippen LogP contribution >= 0.6 is 11.3 Å². The van der Waals surface area contributed by atoms with Crippen LogP contribution in [0.25, 0.3) is 0 Å². The van der Waals surface area contributed by atoms with Crippen LogP contribution in [-0.4, -0.2) is 18.0 Å². The van der Waals surface area contributed by atoms with Gasteiger partial charge < -0.3 is 0 Å². The standard InChI is InChI=1S/C10H14NS/c1-2-6-11(7-3-1)9-10-5-4-8-12-10/h1,4-5,8H,2-3,6-7,9H2. The Hall–Kier alpha value is -0.340. The molecule has 1 fully saturated rings. The van der Waals surface area contributed by atoms with E-state index in [1.165, 1.54) is 30.8 Å². The van der Waals surface area contributed by atoms with E-state index in [9.17, 15) is 0 Å². The number of hydrogen-bond donors (Lipinski definition) is 0. The van der Waals surface area contributed by atoms with E-state index in [4.69, 9.17) is 0 Å². The summed E-state index contributed by atoms with van der Waals surface area (Å²) in [5.41, 5.74) is 0. The van der Waals surface area contributed by atoms with Gasteiger partial charge >= 0.3 is 0 Å². The average Bonchev–Trinajstić information content (AvgIpc) is 2.59. The first-order valence-electron chi connectivity index (χ1n) is 4.51. The fourth-order valence-electron chi connectivity index (χ4n) is 1.58. The van der Waals surface area contributed by atoms with E-state index in [1.54, 1.807) is 0 Å².